The van der Waals surface area contributed by atoms with E-state index in [0.717, 1.165) is 48.9 Å². The molecule has 10 heteroatoms. The highest BCUT2D eigenvalue weighted by Gasteiger charge is 2.50. The molecule has 8 nitrogen and oxygen atoms in total. The number of Topliss-reactive ketones (excluding diaryl/α,β-unsaturated/α-hetero) is 1. The number of allylic oxidation sites excluding steroid dienone is 1. The van der Waals surface area contributed by atoms with Crippen molar-refractivity contribution in [3.05, 3.63) is 70.3 Å². The number of aryl methyl sites for hydroxylation is 1. The molecule has 238 valence electrons. The summed E-state index contributed by atoms with van der Waals surface area (Å²) in [5, 5.41) is -0.153. The predicted molar refractivity (Wildman–Crippen MR) is 173 cm³/mol. The molecule has 5 atom stereocenters. The molecule has 0 saturated heterocycles. The fourth-order valence-electron chi connectivity index (χ4n) is 6.82. The average Bonchev–Trinajstić information content (AvgIpc) is 3.00. The first-order valence-corrected chi connectivity index (χ1v) is 17.5. The molecular weight excluding hydrogens is 600 g/mol. The smallest absolute Gasteiger partial charge is 0.264 e. The van der Waals surface area contributed by atoms with E-state index in [2.05, 4.69) is 9.62 Å². The van der Waals surface area contributed by atoms with Crippen molar-refractivity contribution in [2.45, 2.75) is 76.8 Å². The van der Waals surface area contributed by atoms with Crippen molar-refractivity contribution in [1.82, 2.24) is 4.72 Å². The molecule has 3 aliphatic rings. The summed E-state index contributed by atoms with van der Waals surface area (Å²) in [5.74, 6) is -0.300. The average molecular weight is 643 g/mol. The fraction of sp³-hybridized carbons (Fsp3) is 0.529. The first-order chi connectivity index (χ1) is 20.9. The van der Waals surface area contributed by atoms with Crippen molar-refractivity contribution in [1.29, 1.82) is 0 Å². The Morgan fingerprint density at radius 3 is 2.61 bits per heavy atom. The number of fused-ring (bicyclic) bond motifs is 3. The molecule has 2 aromatic carbocycles. The maximum atomic E-state index is 13.4. The number of carbonyl (C=O) groups excluding carboxylic acids is 2. The number of methoxy groups -OCH3 is 1. The number of amides is 1. The number of hydrogen-bond acceptors (Lipinski definition) is 7. The maximum Gasteiger partial charge on any atom is 0.264 e. The Morgan fingerprint density at radius 2 is 1.91 bits per heavy atom. The second-order valence-corrected chi connectivity index (χ2v) is 15.1. The molecule has 1 fully saturated rings. The van der Waals surface area contributed by atoms with E-state index in [9.17, 15) is 18.0 Å². The minimum Gasteiger partial charge on any atom is -0.487 e. The third-order valence-corrected chi connectivity index (χ3v) is 12.1. The molecule has 1 N–H and O–H groups in total. The largest absolute Gasteiger partial charge is 0.487 e. The number of ketones is 1. The van der Waals surface area contributed by atoms with Crippen LogP contribution in [-0.2, 0) is 32.6 Å². The number of ether oxygens (including phenoxy) is 2. The Hall–Kier alpha value is -2.88. The second kappa shape index (κ2) is 13.2. The normalized spacial score (nSPS) is 29.8. The zero-order valence-corrected chi connectivity index (χ0v) is 27.5. The van der Waals surface area contributed by atoms with Crippen LogP contribution in [0.5, 0.6) is 5.75 Å². The molecule has 2 aromatic rings. The van der Waals surface area contributed by atoms with Crippen LogP contribution in [0.15, 0.2) is 48.6 Å². The number of sulfonamides is 1. The molecule has 5 rings (SSSR count). The van der Waals surface area contributed by atoms with Gasteiger partial charge >= 0.3 is 0 Å². The van der Waals surface area contributed by atoms with E-state index < -0.39 is 26.8 Å². The Kier molecular flexibility index (Phi) is 9.78. The van der Waals surface area contributed by atoms with Crippen LogP contribution in [0.1, 0.15) is 74.4 Å². The van der Waals surface area contributed by atoms with Crippen molar-refractivity contribution in [2.75, 3.05) is 25.1 Å². The number of halogens is 1. The molecule has 0 aromatic heterocycles. The van der Waals surface area contributed by atoms with E-state index in [-0.39, 0.29) is 29.1 Å². The first kappa shape index (κ1) is 32.5. The lowest BCUT2D eigenvalue weighted by atomic mass is 9.63. The van der Waals surface area contributed by atoms with Crippen LogP contribution in [0.25, 0.3) is 0 Å². The van der Waals surface area contributed by atoms with E-state index >= 15 is 0 Å². The summed E-state index contributed by atoms with van der Waals surface area (Å²) in [5.41, 5.74) is 2.09. The van der Waals surface area contributed by atoms with Gasteiger partial charge in [0.15, 0.2) is 5.78 Å². The summed E-state index contributed by atoms with van der Waals surface area (Å²) in [6, 6.07) is 11.0. The van der Waals surface area contributed by atoms with Crippen LogP contribution in [0.4, 0.5) is 5.69 Å². The molecule has 1 amide bonds. The summed E-state index contributed by atoms with van der Waals surface area (Å²) in [7, 11) is -2.40. The number of nitrogens with one attached hydrogen (secondary N) is 1. The maximum absolute atomic E-state index is 13.4. The molecule has 1 aliphatic carbocycles. The van der Waals surface area contributed by atoms with Crippen LogP contribution in [0.2, 0.25) is 5.02 Å². The third-order valence-electron chi connectivity index (χ3n) is 9.95. The summed E-state index contributed by atoms with van der Waals surface area (Å²) < 4.78 is 41.3. The highest BCUT2D eigenvalue weighted by Crippen LogP contribution is 2.46. The van der Waals surface area contributed by atoms with Gasteiger partial charge in [-0.2, -0.15) is 0 Å². The number of hydrogen-bond donors (Lipinski definition) is 1. The fourth-order valence-corrected chi connectivity index (χ4v) is 8.30. The van der Waals surface area contributed by atoms with Gasteiger partial charge in [-0.25, -0.2) is 13.1 Å². The third kappa shape index (κ3) is 6.56. The molecule has 1 saturated carbocycles. The number of rotatable bonds is 2. The van der Waals surface area contributed by atoms with Gasteiger partial charge in [0.2, 0.25) is 10.0 Å². The van der Waals surface area contributed by atoms with E-state index in [0.29, 0.717) is 36.9 Å². The lowest BCUT2D eigenvalue weighted by Crippen LogP contribution is -2.54. The predicted octanol–water partition coefficient (Wildman–Crippen LogP) is 6.11. The van der Waals surface area contributed by atoms with Crippen LogP contribution < -0.4 is 14.4 Å². The zero-order chi connectivity index (χ0) is 31.6. The Labute approximate surface area is 266 Å². The number of nitrogens with zero attached hydrogens (tertiary/aromatic N) is 1. The number of benzene rings is 2. The van der Waals surface area contributed by atoms with Crippen LogP contribution >= 0.6 is 11.6 Å². The highest BCUT2D eigenvalue weighted by molar-refractivity contribution is 7.90. The van der Waals surface area contributed by atoms with Gasteiger partial charge in [-0.05, 0) is 112 Å². The highest BCUT2D eigenvalue weighted by atomic mass is 35.5. The van der Waals surface area contributed by atoms with Crippen LogP contribution in [0, 0.1) is 17.8 Å². The van der Waals surface area contributed by atoms with E-state index in [1.165, 1.54) is 0 Å². The van der Waals surface area contributed by atoms with Gasteiger partial charge < -0.3 is 14.4 Å². The molecule has 0 radical (unpaired) electrons. The quantitative estimate of drug-likeness (QED) is 0.395. The molecular formula is C34H43ClN2O6S. The van der Waals surface area contributed by atoms with E-state index in [1.54, 1.807) is 39.2 Å². The van der Waals surface area contributed by atoms with Gasteiger partial charge in [0.1, 0.15) is 18.0 Å². The van der Waals surface area contributed by atoms with Gasteiger partial charge in [0.25, 0.3) is 5.91 Å². The van der Waals surface area contributed by atoms with Gasteiger partial charge in [-0.15, -0.1) is 0 Å². The van der Waals surface area contributed by atoms with Crippen molar-refractivity contribution >= 4 is 39.0 Å². The first-order valence-electron chi connectivity index (χ1n) is 15.5. The standard InChI is InChI=1S/C34H43ClN2O6S/c1-22-8-7-16-34(42-4,24(3)38)30-14-11-27(30)20-37-17-6-5-9-25-18-29(35)13-10-28(25)21-43-32-15-12-26(19-31(32)37)33(39)36-44(40,41)23(22)2/h7,10,12-13,15-16,18-19,22-23,27,30H,5-6,8-9,11,14,17,20-21H2,1-4H3,(H,36,39)/b16-7+/t22-,23+,27-,30+,34-/m0/s1. The molecule has 2 aliphatic heterocycles. The Balaban J connectivity index is 1.60. The molecule has 0 spiro atoms. The summed E-state index contributed by atoms with van der Waals surface area (Å²) in [6.45, 7) is 6.67. The van der Waals surface area contributed by atoms with Gasteiger partial charge in [-0.1, -0.05) is 30.7 Å². The lowest BCUT2D eigenvalue weighted by molar-refractivity contribution is -0.147. The molecule has 2 bridgehead atoms. The van der Waals surface area contributed by atoms with E-state index in [4.69, 9.17) is 21.1 Å². The Bertz CT molecular complexity index is 1540. The zero-order valence-electron chi connectivity index (χ0n) is 26.0. The van der Waals surface area contributed by atoms with Crippen molar-refractivity contribution in [2.24, 2.45) is 17.8 Å². The summed E-state index contributed by atoms with van der Waals surface area (Å²) in [4.78, 5) is 28.8. The SMILES string of the molecule is CO[C@]1(C(C)=O)/C=C/C[C@H](C)[C@@H](C)S(=O)(=O)NC(=O)c2ccc3c(c2)N(CCCCc2cc(Cl)ccc2CO3)C[C@@H]2CC[C@H]21. The molecule has 2 heterocycles. The second-order valence-electron chi connectivity index (χ2n) is 12.6. The summed E-state index contributed by atoms with van der Waals surface area (Å²) in [6.07, 6.45) is 8.59. The monoisotopic (exact) mass is 642 g/mol. The van der Waals surface area contributed by atoms with Crippen molar-refractivity contribution in [3.8, 4) is 5.75 Å². The Morgan fingerprint density at radius 1 is 1.11 bits per heavy atom. The topological polar surface area (TPSA) is 102 Å². The van der Waals surface area contributed by atoms with Gasteiger partial charge in [0.05, 0.1) is 10.9 Å². The van der Waals surface area contributed by atoms with Crippen LogP contribution in [0.3, 0.4) is 0 Å². The number of anilines is 1. The summed E-state index contributed by atoms with van der Waals surface area (Å²) >= 11 is 6.32. The van der Waals surface area contributed by atoms with Crippen molar-refractivity contribution < 1.29 is 27.5 Å². The van der Waals surface area contributed by atoms with Crippen molar-refractivity contribution in [3.63, 3.8) is 0 Å². The minimum absolute atomic E-state index is 0.0361. The molecule has 0 unspecified atom stereocenters. The van der Waals surface area contributed by atoms with Gasteiger partial charge in [0, 0.05) is 36.7 Å². The van der Waals surface area contributed by atoms with Gasteiger partial charge in [-0.3, -0.25) is 9.59 Å². The minimum atomic E-state index is -3.98. The van der Waals surface area contributed by atoms with Crippen LogP contribution in [-0.4, -0.2) is 51.2 Å². The van der Waals surface area contributed by atoms with E-state index in [1.807, 2.05) is 37.3 Å². The number of carbonyl (C=O) groups is 2. The lowest BCUT2D eigenvalue weighted by Gasteiger charge is -2.48. The molecule has 44 heavy (non-hydrogen) atoms.